The Morgan fingerprint density at radius 2 is 1.90 bits per heavy atom. The standard InChI is InChI=1S/C28H40O3/c1-6-20-18(3)26-21-10-11-24(31-25-9-7-8-14-30-25)27(21,4)13-12-22(26)28(5)17(2)15-19(29)16-23(20)28/h6,15-16,18,21-22,24-26H,7-14H2,1-5H3/t18?,21-,22-,24-,25?,26-,27-,28+/m0/s1. The fraction of sp³-hybridized carbons (Fsp3) is 0.750. The van der Waals surface area contributed by atoms with E-state index in [-0.39, 0.29) is 22.9 Å². The Labute approximate surface area is 188 Å². The quantitative estimate of drug-likeness (QED) is 0.514. The molecule has 3 heteroatoms. The van der Waals surface area contributed by atoms with Crippen LogP contribution in [-0.2, 0) is 14.3 Å². The lowest BCUT2D eigenvalue weighted by Gasteiger charge is -2.60. The third-order valence-corrected chi connectivity index (χ3v) is 10.2. The van der Waals surface area contributed by atoms with Gasteiger partial charge in [-0.3, -0.25) is 4.79 Å². The molecule has 0 aromatic carbocycles. The molecule has 1 aliphatic heterocycles. The second-order valence-electron chi connectivity index (χ2n) is 11.4. The van der Waals surface area contributed by atoms with Gasteiger partial charge in [0.25, 0.3) is 0 Å². The van der Waals surface area contributed by atoms with E-state index in [0.717, 1.165) is 19.4 Å². The average molecular weight is 425 g/mol. The smallest absolute Gasteiger partial charge is 0.178 e. The summed E-state index contributed by atoms with van der Waals surface area (Å²) in [7, 11) is 0. The molecule has 4 fully saturated rings. The fourth-order valence-corrected chi connectivity index (χ4v) is 8.40. The topological polar surface area (TPSA) is 35.5 Å². The maximum Gasteiger partial charge on any atom is 0.178 e. The summed E-state index contributed by atoms with van der Waals surface area (Å²) < 4.78 is 12.6. The summed E-state index contributed by atoms with van der Waals surface area (Å²) in [5, 5.41) is 0. The van der Waals surface area contributed by atoms with Crippen LogP contribution in [0.4, 0.5) is 0 Å². The molecule has 8 atom stereocenters. The Hall–Kier alpha value is -1.19. The highest BCUT2D eigenvalue weighted by molar-refractivity contribution is 6.02. The van der Waals surface area contributed by atoms with Crippen LogP contribution >= 0.6 is 0 Å². The molecule has 0 radical (unpaired) electrons. The van der Waals surface area contributed by atoms with E-state index in [2.05, 4.69) is 40.7 Å². The molecular weight excluding hydrogens is 384 g/mol. The number of hydrogen-bond acceptors (Lipinski definition) is 3. The van der Waals surface area contributed by atoms with Crippen molar-refractivity contribution in [3.8, 4) is 0 Å². The lowest BCUT2D eigenvalue weighted by atomic mass is 9.44. The lowest BCUT2D eigenvalue weighted by molar-refractivity contribution is -0.216. The molecule has 3 nitrogen and oxygen atoms in total. The van der Waals surface area contributed by atoms with Gasteiger partial charge in [0, 0.05) is 12.0 Å². The molecule has 170 valence electrons. The zero-order chi connectivity index (χ0) is 22.0. The normalized spacial score (nSPS) is 48.5. The highest BCUT2D eigenvalue weighted by Gasteiger charge is 2.62. The number of ketones is 1. The largest absolute Gasteiger partial charge is 0.353 e. The van der Waals surface area contributed by atoms with Gasteiger partial charge in [0.15, 0.2) is 12.1 Å². The molecule has 4 aliphatic carbocycles. The van der Waals surface area contributed by atoms with Crippen molar-refractivity contribution in [3.63, 3.8) is 0 Å². The number of carbonyl (C=O) groups excluding carboxylic acids is 1. The van der Waals surface area contributed by atoms with E-state index in [4.69, 9.17) is 9.47 Å². The van der Waals surface area contributed by atoms with Crippen LogP contribution in [0.15, 0.2) is 34.9 Å². The minimum atomic E-state index is -0.0142. The van der Waals surface area contributed by atoms with Gasteiger partial charge in [-0.15, -0.1) is 0 Å². The van der Waals surface area contributed by atoms with Gasteiger partial charge in [-0.1, -0.05) is 32.4 Å². The molecule has 0 aromatic rings. The summed E-state index contributed by atoms with van der Waals surface area (Å²) in [6, 6.07) is 0. The molecule has 5 aliphatic rings. The molecule has 0 N–H and O–H groups in total. The summed E-state index contributed by atoms with van der Waals surface area (Å²) in [5.74, 6) is 2.57. The maximum absolute atomic E-state index is 12.5. The molecule has 5 rings (SSSR count). The Morgan fingerprint density at radius 1 is 1.10 bits per heavy atom. The zero-order valence-electron chi connectivity index (χ0n) is 20.1. The molecule has 1 heterocycles. The number of ether oxygens (including phenoxy) is 2. The second kappa shape index (κ2) is 7.70. The van der Waals surface area contributed by atoms with Crippen molar-refractivity contribution >= 4 is 5.78 Å². The Bertz CT molecular complexity index is 844. The Kier molecular flexibility index (Phi) is 5.37. The van der Waals surface area contributed by atoms with Gasteiger partial charge in [0.2, 0.25) is 0 Å². The van der Waals surface area contributed by atoms with Crippen molar-refractivity contribution in [1.29, 1.82) is 0 Å². The fourth-order valence-electron chi connectivity index (χ4n) is 8.40. The van der Waals surface area contributed by atoms with E-state index in [1.807, 2.05) is 12.2 Å². The predicted molar refractivity (Wildman–Crippen MR) is 123 cm³/mol. The average Bonchev–Trinajstić information content (AvgIpc) is 3.07. The van der Waals surface area contributed by atoms with Crippen molar-refractivity contribution in [2.45, 2.75) is 92.0 Å². The van der Waals surface area contributed by atoms with Gasteiger partial charge in [-0.25, -0.2) is 0 Å². The number of allylic oxidation sites excluding steroid dienone is 6. The summed E-state index contributed by atoms with van der Waals surface area (Å²) in [5.41, 5.74) is 4.20. The van der Waals surface area contributed by atoms with Crippen LogP contribution in [0.5, 0.6) is 0 Å². The van der Waals surface area contributed by atoms with Crippen LogP contribution in [-0.4, -0.2) is 24.8 Å². The summed E-state index contributed by atoms with van der Waals surface area (Å²) >= 11 is 0. The maximum atomic E-state index is 12.5. The van der Waals surface area contributed by atoms with Crippen LogP contribution in [0.1, 0.15) is 79.6 Å². The molecular formula is C28H40O3. The minimum absolute atomic E-state index is 0.00325. The van der Waals surface area contributed by atoms with E-state index in [9.17, 15) is 4.79 Å². The SMILES string of the molecule is CC=C1C2=CC(=O)C=C(C)[C@]2(C)[C@H]2CC[C@]3(C)[C@@H](OC4CCCCO4)CC[C@H]3[C@@H]2C1C. The zero-order valence-corrected chi connectivity index (χ0v) is 20.1. The van der Waals surface area contributed by atoms with E-state index in [1.165, 1.54) is 48.8 Å². The van der Waals surface area contributed by atoms with Gasteiger partial charge < -0.3 is 9.47 Å². The Balaban J connectivity index is 1.49. The van der Waals surface area contributed by atoms with Crippen molar-refractivity contribution in [3.05, 3.63) is 34.9 Å². The van der Waals surface area contributed by atoms with Gasteiger partial charge in [-0.2, -0.15) is 0 Å². The van der Waals surface area contributed by atoms with E-state index >= 15 is 0 Å². The highest BCUT2D eigenvalue weighted by atomic mass is 16.7. The minimum Gasteiger partial charge on any atom is -0.353 e. The molecule has 0 bridgehead atoms. The molecule has 0 amide bonds. The van der Waals surface area contributed by atoms with Crippen LogP contribution < -0.4 is 0 Å². The Morgan fingerprint density at radius 3 is 2.61 bits per heavy atom. The van der Waals surface area contributed by atoms with Crippen molar-refractivity contribution < 1.29 is 14.3 Å². The van der Waals surface area contributed by atoms with Gasteiger partial charge in [0.1, 0.15) is 0 Å². The summed E-state index contributed by atoms with van der Waals surface area (Å²) in [6.07, 6.45) is 14.8. The van der Waals surface area contributed by atoms with E-state index in [1.54, 1.807) is 0 Å². The number of hydrogen-bond donors (Lipinski definition) is 0. The third kappa shape index (κ3) is 3.09. The lowest BCUT2D eigenvalue weighted by Crippen LogP contribution is -2.55. The summed E-state index contributed by atoms with van der Waals surface area (Å²) in [6.45, 7) is 12.6. The third-order valence-electron chi connectivity index (χ3n) is 10.2. The summed E-state index contributed by atoms with van der Waals surface area (Å²) in [4.78, 5) is 12.5. The van der Waals surface area contributed by atoms with Crippen LogP contribution in [0.2, 0.25) is 0 Å². The highest BCUT2D eigenvalue weighted by Crippen LogP contribution is 2.68. The van der Waals surface area contributed by atoms with Crippen molar-refractivity contribution in [1.82, 2.24) is 0 Å². The number of fused-ring (bicyclic) bond motifs is 5. The first kappa shape index (κ1) is 21.6. The molecule has 1 saturated heterocycles. The van der Waals surface area contributed by atoms with Crippen LogP contribution in [0, 0.1) is 34.5 Å². The first-order chi connectivity index (χ1) is 14.8. The first-order valence-electron chi connectivity index (χ1n) is 12.7. The van der Waals surface area contributed by atoms with E-state index in [0.29, 0.717) is 29.8 Å². The number of carbonyl (C=O) groups is 1. The van der Waals surface area contributed by atoms with Crippen LogP contribution in [0.25, 0.3) is 0 Å². The van der Waals surface area contributed by atoms with Gasteiger partial charge in [0.05, 0.1) is 6.10 Å². The monoisotopic (exact) mass is 424 g/mol. The molecule has 31 heavy (non-hydrogen) atoms. The first-order valence-corrected chi connectivity index (χ1v) is 12.7. The molecule has 0 spiro atoms. The predicted octanol–water partition coefficient (Wildman–Crippen LogP) is 6.40. The second-order valence-corrected chi connectivity index (χ2v) is 11.4. The molecule has 0 aromatic heterocycles. The molecule has 2 unspecified atom stereocenters. The van der Waals surface area contributed by atoms with Gasteiger partial charge >= 0.3 is 0 Å². The van der Waals surface area contributed by atoms with Gasteiger partial charge in [-0.05, 0) is 111 Å². The van der Waals surface area contributed by atoms with Crippen molar-refractivity contribution in [2.24, 2.45) is 34.5 Å². The van der Waals surface area contributed by atoms with Crippen molar-refractivity contribution in [2.75, 3.05) is 6.61 Å². The van der Waals surface area contributed by atoms with Crippen LogP contribution in [0.3, 0.4) is 0 Å². The van der Waals surface area contributed by atoms with E-state index < -0.39 is 0 Å². The number of rotatable bonds is 2. The molecule has 3 saturated carbocycles.